The number of hydrogen-bond acceptors (Lipinski definition) is 5. The molecule has 1 aliphatic rings. The Morgan fingerprint density at radius 2 is 2.22 bits per heavy atom. The van der Waals surface area contributed by atoms with E-state index in [1.807, 2.05) is 12.1 Å². The number of ether oxygens (including phenoxy) is 1. The van der Waals surface area contributed by atoms with Crippen LogP contribution in [-0.4, -0.2) is 43.0 Å². The fourth-order valence-corrected chi connectivity index (χ4v) is 3.84. The number of methoxy groups -OCH3 is 1. The number of carbonyl (C=O) groups is 1. The van der Waals surface area contributed by atoms with Gasteiger partial charge in [-0.2, -0.15) is 0 Å². The summed E-state index contributed by atoms with van der Waals surface area (Å²) in [6.45, 7) is 2.86. The summed E-state index contributed by atoms with van der Waals surface area (Å²) in [6.07, 6.45) is 1.85. The van der Waals surface area contributed by atoms with E-state index in [-0.39, 0.29) is 5.91 Å². The van der Waals surface area contributed by atoms with Crippen molar-refractivity contribution >= 4 is 17.2 Å². The predicted octanol–water partition coefficient (Wildman–Crippen LogP) is 2.11. The van der Waals surface area contributed by atoms with E-state index < -0.39 is 0 Å². The number of amides is 1. The molecule has 3 rings (SSSR count). The highest BCUT2D eigenvalue weighted by molar-refractivity contribution is 7.13. The lowest BCUT2D eigenvalue weighted by atomic mass is 10.2. The Morgan fingerprint density at radius 3 is 3.00 bits per heavy atom. The third kappa shape index (κ3) is 3.71. The lowest BCUT2D eigenvalue weighted by molar-refractivity contribution is 0.0962. The maximum absolute atomic E-state index is 11.7. The summed E-state index contributed by atoms with van der Waals surface area (Å²) in [6, 6.07) is 8.21. The fourth-order valence-electron chi connectivity index (χ4n) is 2.80. The average Bonchev–Trinajstić information content (AvgIpc) is 2.91. The Bertz CT molecular complexity index is 673. The van der Waals surface area contributed by atoms with E-state index in [4.69, 9.17) is 4.74 Å². The first kappa shape index (κ1) is 16.0. The second-order valence-corrected chi connectivity index (χ2v) is 6.68. The standard InChI is InChI=1S/C17H21N3O2S/c1-18-16(21)17-19-14-6-8-20(9-7-15(14)23-17)11-12-4-3-5-13(10-12)22-2/h3-5,10H,6-9,11H2,1-2H3,(H,18,21). The van der Waals surface area contributed by atoms with Crippen molar-refractivity contribution in [3.8, 4) is 5.75 Å². The van der Waals surface area contributed by atoms with Crippen molar-refractivity contribution in [2.45, 2.75) is 19.4 Å². The third-order valence-corrected chi connectivity index (χ3v) is 5.22. The van der Waals surface area contributed by atoms with Crippen molar-refractivity contribution in [3.63, 3.8) is 0 Å². The number of nitrogens with one attached hydrogen (secondary N) is 1. The molecule has 0 fully saturated rings. The van der Waals surface area contributed by atoms with Gasteiger partial charge in [-0.1, -0.05) is 12.1 Å². The molecule has 2 aromatic rings. The van der Waals surface area contributed by atoms with E-state index in [0.29, 0.717) is 5.01 Å². The molecule has 6 heteroatoms. The molecule has 1 aliphatic heterocycles. The van der Waals surface area contributed by atoms with Gasteiger partial charge in [-0.15, -0.1) is 11.3 Å². The van der Waals surface area contributed by atoms with Gasteiger partial charge in [0.1, 0.15) is 5.75 Å². The largest absolute Gasteiger partial charge is 0.497 e. The number of aromatic nitrogens is 1. The molecule has 122 valence electrons. The average molecular weight is 331 g/mol. The molecular formula is C17H21N3O2S. The van der Waals surface area contributed by atoms with Crippen LogP contribution in [0.1, 0.15) is 25.9 Å². The van der Waals surface area contributed by atoms with Crippen molar-refractivity contribution in [3.05, 3.63) is 45.4 Å². The van der Waals surface area contributed by atoms with Gasteiger partial charge >= 0.3 is 0 Å². The van der Waals surface area contributed by atoms with Crippen LogP contribution < -0.4 is 10.1 Å². The van der Waals surface area contributed by atoms with Crippen LogP contribution in [0.5, 0.6) is 5.75 Å². The Balaban J connectivity index is 1.65. The minimum atomic E-state index is -0.0867. The van der Waals surface area contributed by atoms with Crippen LogP contribution in [0.3, 0.4) is 0 Å². The van der Waals surface area contributed by atoms with Crippen LogP contribution in [0.4, 0.5) is 0 Å². The van der Waals surface area contributed by atoms with Crippen LogP contribution in [0.25, 0.3) is 0 Å². The van der Waals surface area contributed by atoms with E-state index in [9.17, 15) is 4.79 Å². The maximum Gasteiger partial charge on any atom is 0.280 e. The number of carbonyl (C=O) groups excluding carboxylic acids is 1. The normalized spacial score (nSPS) is 14.9. The Labute approximate surface area is 140 Å². The summed E-state index contributed by atoms with van der Waals surface area (Å²) in [7, 11) is 3.34. The highest BCUT2D eigenvalue weighted by atomic mass is 32.1. The monoisotopic (exact) mass is 331 g/mol. The van der Waals surface area contributed by atoms with Crippen LogP contribution in [0.2, 0.25) is 0 Å². The molecular weight excluding hydrogens is 310 g/mol. The summed E-state index contributed by atoms with van der Waals surface area (Å²) < 4.78 is 5.29. The summed E-state index contributed by atoms with van der Waals surface area (Å²) in [4.78, 5) is 19.9. The number of nitrogens with zero attached hydrogens (tertiary/aromatic N) is 2. The van der Waals surface area contributed by atoms with Crippen molar-refractivity contribution in [2.75, 3.05) is 27.2 Å². The number of benzene rings is 1. The number of fused-ring (bicyclic) bond motifs is 1. The molecule has 23 heavy (non-hydrogen) atoms. The highest BCUT2D eigenvalue weighted by Gasteiger charge is 2.20. The summed E-state index contributed by atoms with van der Waals surface area (Å²) in [5.74, 6) is 0.810. The molecule has 0 aliphatic carbocycles. The summed E-state index contributed by atoms with van der Waals surface area (Å²) >= 11 is 1.53. The zero-order chi connectivity index (χ0) is 16.2. The maximum atomic E-state index is 11.7. The molecule has 5 nitrogen and oxygen atoms in total. The first-order valence-electron chi connectivity index (χ1n) is 7.75. The van der Waals surface area contributed by atoms with Gasteiger partial charge in [0.15, 0.2) is 5.01 Å². The molecule has 0 radical (unpaired) electrons. The van der Waals surface area contributed by atoms with E-state index in [0.717, 1.165) is 43.9 Å². The van der Waals surface area contributed by atoms with Gasteiger partial charge in [0.2, 0.25) is 0 Å². The third-order valence-electron chi connectivity index (χ3n) is 4.06. The van der Waals surface area contributed by atoms with Crippen molar-refractivity contribution in [1.29, 1.82) is 0 Å². The first-order chi connectivity index (χ1) is 11.2. The van der Waals surface area contributed by atoms with Gasteiger partial charge in [-0.25, -0.2) is 4.98 Å². The van der Waals surface area contributed by atoms with Gasteiger partial charge < -0.3 is 10.1 Å². The second kappa shape index (κ2) is 7.10. The lowest BCUT2D eigenvalue weighted by Crippen LogP contribution is -2.26. The summed E-state index contributed by atoms with van der Waals surface area (Å²) in [5.41, 5.74) is 2.34. The highest BCUT2D eigenvalue weighted by Crippen LogP contribution is 2.24. The molecule has 1 N–H and O–H groups in total. The van der Waals surface area contributed by atoms with E-state index in [1.165, 1.54) is 21.8 Å². The Kier molecular flexibility index (Phi) is 4.93. The molecule has 0 saturated carbocycles. The lowest BCUT2D eigenvalue weighted by Gasteiger charge is -2.20. The number of thiazole rings is 1. The fraction of sp³-hybridized carbons (Fsp3) is 0.412. The quantitative estimate of drug-likeness (QED) is 0.932. The smallest absolute Gasteiger partial charge is 0.280 e. The van der Waals surface area contributed by atoms with Crippen molar-refractivity contribution < 1.29 is 9.53 Å². The van der Waals surface area contributed by atoms with E-state index in [1.54, 1.807) is 14.2 Å². The predicted molar refractivity (Wildman–Crippen MR) is 91.2 cm³/mol. The van der Waals surface area contributed by atoms with Gasteiger partial charge in [0.05, 0.1) is 12.8 Å². The molecule has 0 unspecified atom stereocenters. The van der Waals surface area contributed by atoms with Gasteiger partial charge in [0.25, 0.3) is 5.91 Å². The molecule has 0 spiro atoms. The first-order valence-corrected chi connectivity index (χ1v) is 8.57. The van der Waals surface area contributed by atoms with Gasteiger partial charge in [0, 0.05) is 38.0 Å². The molecule has 1 amide bonds. The van der Waals surface area contributed by atoms with E-state index >= 15 is 0 Å². The van der Waals surface area contributed by atoms with Crippen LogP contribution in [-0.2, 0) is 19.4 Å². The minimum absolute atomic E-state index is 0.0867. The number of hydrogen-bond donors (Lipinski definition) is 1. The van der Waals surface area contributed by atoms with Gasteiger partial charge in [-0.05, 0) is 24.1 Å². The summed E-state index contributed by atoms with van der Waals surface area (Å²) in [5, 5.41) is 3.23. The SMILES string of the molecule is CNC(=O)c1nc2c(s1)CCN(Cc1cccc(OC)c1)CC2. The molecule has 2 heterocycles. The topological polar surface area (TPSA) is 54.5 Å². The van der Waals surface area contributed by atoms with Crippen LogP contribution >= 0.6 is 11.3 Å². The zero-order valence-corrected chi connectivity index (χ0v) is 14.3. The molecule has 0 atom stereocenters. The van der Waals surface area contributed by atoms with Crippen molar-refractivity contribution in [2.24, 2.45) is 0 Å². The number of rotatable bonds is 4. The Morgan fingerprint density at radius 1 is 1.39 bits per heavy atom. The zero-order valence-electron chi connectivity index (χ0n) is 13.5. The minimum Gasteiger partial charge on any atom is -0.497 e. The van der Waals surface area contributed by atoms with Gasteiger partial charge in [-0.3, -0.25) is 9.69 Å². The van der Waals surface area contributed by atoms with Crippen LogP contribution in [0, 0.1) is 0 Å². The molecule has 1 aromatic heterocycles. The van der Waals surface area contributed by atoms with Crippen LogP contribution in [0.15, 0.2) is 24.3 Å². The molecule has 0 saturated heterocycles. The molecule has 1 aromatic carbocycles. The molecule has 0 bridgehead atoms. The Hall–Kier alpha value is -1.92. The van der Waals surface area contributed by atoms with Crippen molar-refractivity contribution in [1.82, 2.24) is 15.2 Å². The van der Waals surface area contributed by atoms with E-state index in [2.05, 4.69) is 27.3 Å². The second-order valence-electron chi connectivity index (χ2n) is 5.60.